The highest BCUT2D eigenvalue weighted by Crippen LogP contribution is 2.15. The first-order valence-electron chi connectivity index (χ1n) is 9.94. The molecule has 9 heteroatoms. The maximum absolute atomic E-state index is 13.0. The topological polar surface area (TPSA) is 61.9 Å². The Labute approximate surface area is 178 Å². The molecular formula is C22H24F3N3O3. The Balaban J connectivity index is 1.36. The van der Waals surface area contributed by atoms with Gasteiger partial charge >= 0.3 is 6.61 Å². The van der Waals surface area contributed by atoms with Gasteiger partial charge in [0.1, 0.15) is 11.6 Å². The first-order chi connectivity index (χ1) is 14.9. The van der Waals surface area contributed by atoms with Crippen molar-refractivity contribution >= 4 is 11.8 Å². The van der Waals surface area contributed by atoms with E-state index in [1.54, 1.807) is 29.2 Å². The molecule has 1 aliphatic rings. The third kappa shape index (κ3) is 7.29. The minimum atomic E-state index is -2.87. The van der Waals surface area contributed by atoms with Gasteiger partial charge in [-0.2, -0.15) is 8.78 Å². The van der Waals surface area contributed by atoms with E-state index in [4.69, 9.17) is 0 Å². The zero-order chi connectivity index (χ0) is 22.2. The highest BCUT2D eigenvalue weighted by atomic mass is 19.3. The van der Waals surface area contributed by atoms with Gasteiger partial charge in [0.05, 0.1) is 13.0 Å². The number of nitrogens with zero attached hydrogens (tertiary/aromatic N) is 2. The molecule has 2 amide bonds. The summed E-state index contributed by atoms with van der Waals surface area (Å²) < 4.78 is 41.6. The number of halogens is 3. The highest BCUT2D eigenvalue weighted by Gasteiger charge is 2.22. The lowest BCUT2D eigenvalue weighted by molar-refractivity contribution is -0.132. The van der Waals surface area contributed by atoms with Crippen molar-refractivity contribution in [2.45, 2.75) is 19.6 Å². The van der Waals surface area contributed by atoms with Crippen LogP contribution in [0.1, 0.15) is 11.1 Å². The van der Waals surface area contributed by atoms with Gasteiger partial charge in [0.2, 0.25) is 11.8 Å². The Bertz CT molecular complexity index is 868. The molecule has 1 aliphatic heterocycles. The molecule has 6 nitrogen and oxygen atoms in total. The van der Waals surface area contributed by atoms with Crippen molar-refractivity contribution in [3.63, 3.8) is 0 Å². The molecule has 1 heterocycles. The SMILES string of the molecule is O=C(CN1CCN(C(=O)Cc2ccc(F)cc2)CC1)NCc1ccc(OC(F)F)cc1. The van der Waals surface area contributed by atoms with E-state index in [9.17, 15) is 22.8 Å². The molecule has 0 aliphatic carbocycles. The van der Waals surface area contributed by atoms with Gasteiger partial charge in [0, 0.05) is 32.7 Å². The maximum Gasteiger partial charge on any atom is 0.387 e. The van der Waals surface area contributed by atoms with Crippen LogP contribution in [-0.2, 0) is 22.6 Å². The van der Waals surface area contributed by atoms with Crippen LogP contribution in [0.5, 0.6) is 5.75 Å². The van der Waals surface area contributed by atoms with E-state index in [-0.39, 0.29) is 42.9 Å². The number of rotatable bonds is 8. The summed E-state index contributed by atoms with van der Waals surface area (Å²) in [5.41, 5.74) is 1.54. The zero-order valence-electron chi connectivity index (χ0n) is 16.9. The molecule has 1 N–H and O–H groups in total. The van der Waals surface area contributed by atoms with Gasteiger partial charge < -0.3 is 15.0 Å². The fourth-order valence-corrected chi connectivity index (χ4v) is 3.29. The molecule has 0 radical (unpaired) electrons. The minimum absolute atomic E-state index is 0.0185. The molecule has 0 saturated carbocycles. The molecule has 0 unspecified atom stereocenters. The van der Waals surface area contributed by atoms with Crippen molar-refractivity contribution in [1.29, 1.82) is 0 Å². The lowest BCUT2D eigenvalue weighted by Crippen LogP contribution is -2.51. The van der Waals surface area contributed by atoms with E-state index in [1.807, 2.05) is 4.90 Å². The average molecular weight is 435 g/mol. The lowest BCUT2D eigenvalue weighted by atomic mass is 10.1. The molecule has 0 spiro atoms. The van der Waals surface area contributed by atoms with Crippen molar-refractivity contribution in [2.24, 2.45) is 0 Å². The maximum atomic E-state index is 13.0. The quantitative estimate of drug-likeness (QED) is 0.692. The average Bonchev–Trinajstić information content (AvgIpc) is 2.75. The molecule has 1 saturated heterocycles. The fraction of sp³-hybridized carbons (Fsp3) is 0.364. The van der Waals surface area contributed by atoms with Gasteiger partial charge in [-0.05, 0) is 35.4 Å². The van der Waals surface area contributed by atoms with Gasteiger partial charge in [0.15, 0.2) is 0 Å². The normalized spacial score (nSPS) is 14.5. The predicted molar refractivity (Wildman–Crippen MR) is 108 cm³/mol. The Morgan fingerprint density at radius 3 is 2.16 bits per heavy atom. The van der Waals surface area contributed by atoms with Gasteiger partial charge in [0.25, 0.3) is 0 Å². The van der Waals surface area contributed by atoms with E-state index < -0.39 is 6.61 Å². The van der Waals surface area contributed by atoms with Crippen LogP contribution in [0, 0.1) is 5.82 Å². The Morgan fingerprint density at radius 2 is 1.55 bits per heavy atom. The van der Waals surface area contributed by atoms with E-state index in [2.05, 4.69) is 10.1 Å². The molecule has 3 rings (SSSR count). The summed E-state index contributed by atoms with van der Waals surface area (Å²) in [5, 5.41) is 2.80. The minimum Gasteiger partial charge on any atom is -0.435 e. The number of benzene rings is 2. The monoisotopic (exact) mass is 435 g/mol. The van der Waals surface area contributed by atoms with Crippen LogP contribution < -0.4 is 10.1 Å². The number of carbonyl (C=O) groups is 2. The smallest absolute Gasteiger partial charge is 0.387 e. The summed E-state index contributed by atoms with van der Waals surface area (Å²) in [6.45, 7) is -0.150. The number of nitrogens with one attached hydrogen (secondary N) is 1. The van der Waals surface area contributed by atoms with Crippen LogP contribution >= 0.6 is 0 Å². The van der Waals surface area contributed by atoms with E-state index in [1.165, 1.54) is 24.3 Å². The van der Waals surface area contributed by atoms with E-state index in [0.29, 0.717) is 26.2 Å². The first kappa shape index (κ1) is 22.6. The molecule has 0 bridgehead atoms. The molecule has 1 fully saturated rings. The van der Waals surface area contributed by atoms with Crippen molar-refractivity contribution in [3.8, 4) is 5.75 Å². The Kier molecular flexibility index (Phi) is 7.88. The molecule has 2 aromatic carbocycles. The van der Waals surface area contributed by atoms with Crippen LogP contribution in [0.3, 0.4) is 0 Å². The standard InChI is InChI=1S/C22H24F3N3O3/c23-18-5-1-16(2-6-18)13-21(30)28-11-9-27(10-12-28)15-20(29)26-14-17-3-7-19(8-4-17)31-22(24)25/h1-8,22H,9-15H2,(H,26,29). The van der Waals surface area contributed by atoms with Crippen LogP contribution in [0.15, 0.2) is 48.5 Å². The number of amides is 2. The molecule has 0 atom stereocenters. The number of carbonyl (C=O) groups excluding carboxylic acids is 2. The zero-order valence-corrected chi connectivity index (χ0v) is 16.9. The second kappa shape index (κ2) is 10.8. The van der Waals surface area contributed by atoms with Crippen molar-refractivity contribution in [2.75, 3.05) is 32.7 Å². The Hall–Kier alpha value is -3.07. The molecule has 31 heavy (non-hydrogen) atoms. The third-order valence-electron chi connectivity index (χ3n) is 5.00. The second-order valence-electron chi connectivity index (χ2n) is 7.26. The number of piperazine rings is 1. The lowest BCUT2D eigenvalue weighted by Gasteiger charge is -2.34. The van der Waals surface area contributed by atoms with Crippen molar-refractivity contribution in [1.82, 2.24) is 15.1 Å². The van der Waals surface area contributed by atoms with Gasteiger partial charge in [-0.3, -0.25) is 14.5 Å². The summed E-state index contributed by atoms with van der Waals surface area (Å²) in [5.74, 6) is -0.438. The summed E-state index contributed by atoms with van der Waals surface area (Å²) in [7, 11) is 0. The fourth-order valence-electron chi connectivity index (χ4n) is 3.29. The summed E-state index contributed by atoms with van der Waals surface area (Å²) in [6, 6.07) is 12.0. The molecule has 2 aromatic rings. The van der Waals surface area contributed by atoms with Crippen LogP contribution in [0.25, 0.3) is 0 Å². The summed E-state index contributed by atoms with van der Waals surface area (Å²) in [4.78, 5) is 28.3. The Morgan fingerprint density at radius 1 is 0.935 bits per heavy atom. The van der Waals surface area contributed by atoms with E-state index >= 15 is 0 Å². The summed E-state index contributed by atoms with van der Waals surface area (Å²) >= 11 is 0. The van der Waals surface area contributed by atoms with Crippen molar-refractivity contribution in [3.05, 3.63) is 65.5 Å². The number of alkyl halides is 2. The van der Waals surface area contributed by atoms with Crippen LogP contribution in [0.4, 0.5) is 13.2 Å². The summed E-state index contributed by atoms with van der Waals surface area (Å²) in [6.07, 6.45) is 0.224. The van der Waals surface area contributed by atoms with Gasteiger partial charge in [-0.15, -0.1) is 0 Å². The molecule has 0 aromatic heterocycles. The number of ether oxygens (including phenoxy) is 1. The van der Waals surface area contributed by atoms with E-state index in [0.717, 1.165) is 11.1 Å². The van der Waals surface area contributed by atoms with Gasteiger partial charge in [-0.1, -0.05) is 24.3 Å². The molecule has 166 valence electrons. The molecular weight excluding hydrogens is 411 g/mol. The third-order valence-corrected chi connectivity index (χ3v) is 5.00. The highest BCUT2D eigenvalue weighted by molar-refractivity contribution is 5.79. The number of hydrogen-bond donors (Lipinski definition) is 1. The predicted octanol–water partition coefficient (Wildman–Crippen LogP) is 2.43. The van der Waals surface area contributed by atoms with Crippen LogP contribution in [-0.4, -0.2) is 60.9 Å². The van der Waals surface area contributed by atoms with Crippen LogP contribution in [0.2, 0.25) is 0 Å². The second-order valence-corrected chi connectivity index (χ2v) is 7.26. The first-order valence-corrected chi connectivity index (χ1v) is 9.94. The largest absolute Gasteiger partial charge is 0.435 e. The van der Waals surface area contributed by atoms with Crippen molar-refractivity contribution < 1.29 is 27.5 Å². The van der Waals surface area contributed by atoms with Gasteiger partial charge in [-0.25, -0.2) is 4.39 Å². The number of hydrogen-bond acceptors (Lipinski definition) is 4.